The molecule has 0 saturated carbocycles. The molecular weight excluding hydrogens is 990 g/mol. The molecule has 0 bridgehead atoms. The molecule has 12 rings (SSSR count). The Kier molecular flexibility index (Phi) is 10.00. The summed E-state index contributed by atoms with van der Waals surface area (Å²) >= 11 is 2.50. The standard InChI is InChI=1S/C59H39N5O.Pt/c1-4-14-41(15-5-1)45-26-30-54-53(36-45)52-29-28-49(38-57(52)64(54)58-31-27-46(39-61-58)42-32-34-60-35-33-42)65-48-21-12-20-47(37-48)62-40-63(56-25-11-10-24-55(56)62)59-50(43-16-6-2-7-17-43)22-13-23-51(59)44-18-8-3-9-19-44;/h1-39H;. The second kappa shape index (κ2) is 16.7. The first kappa shape index (κ1) is 39.4. The van der Waals surface area contributed by atoms with Gasteiger partial charge in [-0.25, -0.2) is 0 Å². The quantitative estimate of drug-likeness (QED) is 0.145. The van der Waals surface area contributed by atoms with Crippen LogP contribution in [-0.4, -0.2) is 23.7 Å². The fourth-order valence-corrected chi connectivity index (χ4v) is 10.3. The van der Waals surface area contributed by atoms with E-state index in [-0.39, 0.29) is 0 Å². The zero-order valence-corrected chi connectivity index (χ0v) is 37.7. The number of benzene rings is 8. The molecule has 0 aliphatic rings. The molecule has 0 unspecified atom stereocenters. The number of rotatable bonds is 9. The van der Waals surface area contributed by atoms with Crippen molar-refractivity contribution in [2.45, 2.75) is 0 Å². The fraction of sp³-hybridized carbons (Fsp3) is 0. The molecule has 4 heterocycles. The minimum atomic E-state index is 0.729. The van der Waals surface area contributed by atoms with E-state index in [1.54, 1.807) is 0 Å². The molecule has 0 N–H and O–H groups in total. The predicted molar refractivity (Wildman–Crippen MR) is 264 cm³/mol. The predicted octanol–water partition coefficient (Wildman–Crippen LogP) is 14.8. The monoisotopic (exact) mass is 1030 g/mol. The van der Waals surface area contributed by atoms with Gasteiger partial charge in [-0.2, -0.15) is 0 Å². The van der Waals surface area contributed by atoms with Crippen LogP contribution in [0.3, 0.4) is 0 Å². The topological polar surface area (TPSA) is 49.8 Å². The van der Waals surface area contributed by atoms with Crippen molar-refractivity contribution < 1.29 is 24.1 Å². The molecule has 12 aromatic rings. The number of aromatic nitrogens is 5. The summed E-state index contributed by atoms with van der Waals surface area (Å²) in [6.45, 7) is 0. The van der Waals surface area contributed by atoms with E-state index in [4.69, 9.17) is 9.72 Å². The van der Waals surface area contributed by atoms with Gasteiger partial charge in [-0.15, -0.1) is 0 Å². The van der Waals surface area contributed by atoms with Crippen molar-refractivity contribution in [1.82, 2.24) is 23.7 Å². The van der Waals surface area contributed by atoms with Gasteiger partial charge in [-0.3, -0.25) is 4.98 Å². The molecule has 0 spiro atoms. The summed E-state index contributed by atoms with van der Waals surface area (Å²) in [5.41, 5.74) is 15.5. The third-order valence-corrected chi connectivity index (χ3v) is 13.3. The molecule has 8 aromatic carbocycles. The van der Waals surface area contributed by atoms with Crippen molar-refractivity contribution >= 4 is 32.8 Å². The molecule has 0 amide bonds. The summed E-state index contributed by atoms with van der Waals surface area (Å²) in [5.74, 6) is 2.29. The van der Waals surface area contributed by atoms with E-state index in [0.29, 0.717) is 0 Å². The maximum atomic E-state index is 6.84. The fourth-order valence-electron chi connectivity index (χ4n) is 9.23. The van der Waals surface area contributed by atoms with Crippen molar-refractivity contribution in [3.63, 3.8) is 0 Å². The molecule has 66 heavy (non-hydrogen) atoms. The average molecular weight is 1030 g/mol. The molecule has 0 atom stereocenters. The Bertz CT molecular complexity index is 3730. The summed E-state index contributed by atoms with van der Waals surface area (Å²) < 4.78 is 14.9. The van der Waals surface area contributed by atoms with Crippen LogP contribution in [0.15, 0.2) is 237 Å². The number of hydrogen-bond donors (Lipinski definition) is 0. The number of imidazole rings is 1. The Labute approximate surface area is 392 Å². The van der Waals surface area contributed by atoms with Gasteiger partial charge in [-0.1, -0.05) is 36.4 Å². The number of pyridine rings is 2. The zero-order valence-electron chi connectivity index (χ0n) is 35.5. The first-order chi connectivity index (χ1) is 32.7. The summed E-state index contributed by atoms with van der Waals surface area (Å²) in [6.07, 6.45) is 5.55. The maximum absolute atomic E-state index is 6.84. The second-order valence-electron chi connectivity index (χ2n) is 16.2. The Morgan fingerprint density at radius 3 is 1.67 bits per heavy atom. The van der Waals surface area contributed by atoms with Crippen molar-refractivity contribution in [2.24, 2.45) is 0 Å². The van der Waals surface area contributed by atoms with Crippen LogP contribution in [0.25, 0.3) is 94.5 Å². The number of fused-ring (bicyclic) bond motifs is 4. The minimum absolute atomic E-state index is 0.729. The van der Waals surface area contributed by atoms with E-state index < -0.39 is 0 Å². The molecule has 0 saturated heterocycles. The van der Waals surface area contributed by atoms with Crippen LogP contribution in [0.4, 0.5) is 0 Å². The van der Waals surface area contributed by atoms with E-state index in [1.165, 1.54) is 5.56 Å². The SMILES string of the molecule is [Pt]=[c]1n(-c2cccc(Oc3ccc4c5cc(-c6ccccc6)ccc5n(-c5ccc(-c6ccncc6)cn5)c4c3)c2)c2ccccc2n1-c1c(-c2ccccc2)cccc1-c1ccccc1. The normalized spacial score (nSPS) is 11.4. The Morgan fingerprint density at radius 2 is 0.985 bits per heavy atom. The molecular formula is C59H39N5OPt. The molecule has 4 aromatic heterocycles. The van der Waals surface area contributed by atoms with Gasteiger partial charge in [0, 0.05) is 24.2 Å². The van der Waals surface area contributed by atoms with Crippen LogP contribution in [0.2, 0.25) is 0 Å². The van der Waals surface area contributed by atoms with Gasteiger partial charge in [0.1, 0.15) is 0 Å². The van der Waals surface area contributed by atoms with Crippen LogP contribution in [0.5, 0.6) is 11.5 Å². The number of hydrogen-bond acceptors (Lipinski definition) is 3. The Morgan fingerprint density at radius 1 is 0.379 bits per heavy atom. The van der Waals surface area contributed by atoms with Gasteiger partial charge in [0.05, 0.1) is 0 Å². The van der Waals surface area contributed by atoms with Gasteiger partial charge in [-0.05, 0) is 34.9 Å². The van der Waals surface area contributed by atoms with E-state index in [9.17, 15) is 0 Å². The van der Waals surface area contributed by atoms with Crippen molar-refractivity contribution in [3.8, 4) is 73.2 Å². The average Bonchev–Trinajstić information content (AvgIpc) is 3.87. The molecule has 0 aliphatic carbocycles. The van der Waals surface area contributed by atoms with E-state index in [2.05, 4.69) is 238 Å². The van der Waals surface area contributed by atoms with Crippen LogP contribution in [-0.2, 0) is 19.4 Å². The molecule has 7 heteroatoms. The third-order valence-electron chi connectivity index (χ3n) is 12.3. The van der Waals surface area contributed by atoms with Crippen LogP contribution in [0.1, 0.15) is 0 Å². The number of nitrogens with zero attached hydrogens (tertiary/aromatic N) is 5. The Balaban J connectivity index is 0.976. The zero-order chi connectivity index (χ0) is 44.0. The summed E-state index contributed by atoms with van der Waals surface area (Å²) in [5, 5.41) is 2.26. The van der Waals surface area contributed by atoms with Crippen molar-refractivity contribution in [1.29, 1.82) is 0 Å². The second-order valence-corrected chi connectivity index (χ2v) is 17.2. The van der Waals surface area contributed by atoms with Crippen LogP contribution < -0.4 is 4.74 Å². The summed E-state index contributed by atoms with van der Waals surface area (Å²) in [7, 11) is 0. The molecule has 0 radical (unpaired) electrons. The van der Waals surface area contributed by atoms with Crippen LogP contribution >= 0.6 is 0 Å². The first-order valence-corrected chi connectivity index (χ1v) is 23.0. The van der Waals surface area contributed by atoms with Gasteiger partial charge >= 0.3 is 294 Å². The van der Waals surface area contributed by atoms with E-state index in [0.717, 1.165) is 104 Å². The first-order valence-electron chi connectivity index (χ1n) is 21.9. The van der Waals surface area contributed by atoms with Crippen molar-refractivity contribution in [3.05, 3.63) is 241 Å². The van der Waals surface area contributed by atoms with Gasteiger partial charge in [0.15, 0.2) is 0 Å². The van der Waals surface area contributed by atoms with E-state index in [1.807, 2.05) is 36.8 Å². The third kappa shape index (κ3) is 7.00. The van der Waals surface area contributed by atoms with Gasteiger partial charge in [0.2, 0.25) is 0 Å². The molecule has 0 fully saturated rings. The molecule has 0 aliphatic heterocycles. The number of para-hydroxylation sites is 3. The summed E-state index contributed by atoms with van der Waals surface area (Å²) in [6, 6.07) is 76.8. The molecule has 6 nitrogen and oxygen atoms in total. The van der Waals surface area contributed by atoms with Crippen LogP contribution in [0, 0.1) is 3.80 Å². The summed E-state index contributed by atoms with van der Waals surface area (Å²) in [4.78, 5) is 9.23. The van der Waals surface area contributed by atoms with Gasteiger partial charge < -0.3 is 0 Å². The Hall–Kier alpha value is -8.18. The molecule has 316 valence electrons. The van der Waals surface area contributed by atoms with Gasteiger partial charge in [0.25, 0.3) is 0 Å². The van der Waals surface area contributed by atoms with E-state index >= 15 is 0 Å². The van der Waals surface area contributed by atoms with Crippen molar-refractivity contribution in [2.75, 3.05) is 0 Å². The number of ether oxygens (including phenoxy) is 1.